The molecule has 20 heavy (non-hydrogen) atoms. The molecule has 0 aliphatic rings. The molecule has 0 saturated carbocycles. The highest BCUT2D eigenvalue weighted by molar-refractivity contribution is 7.98. The Morgan fingerprint density at radius 1 is 1.40 bits per heavy atom. The van der Waals surface area contributed by atoms with Gasteiger partial charge in [0.2, 0.25) is 10.0 Å². The SMILES string of the molecule is CSCCN(C)S(=O)(=O)c1ccc(Cl)c(C(=O)O)c1Cl. The first kappa shape index (κ1) is 17.6. The van der Waals surface area contributed by atoms with E-state index in [4.69, 9.17) is 28.3 Å². The minimum absolute atomic E-state index is 0.104. The lowest BCUT2D eigenvalue weighted by atomic mass is 10.2. The van der Waals surface area contributed by atoms with Crippen molar-refractivity contribution >= 4 is 51.0 Å². The molecule has 0 radical (unpaired) electrons. The Bertz CT molecular complexity index is 619. The van der Waals surface area contributed by atoms with E-state index < -0.39 is 21.6 Å². The molecular formula is C11H13Cl2NO4S2. The highest BCUT2D eigenvalue weighted by Gasteiger charge is 2.27. The van der Waals surface area contributed by atoms with Crippen molar-refractivity contribution in [3.05, 3.63) is 27.7 Å². The zero-order valence-electron chi connectivity index (χ0n) is 10.8. The summed E-state index contributed by atoms with van der Waals surface area (Å²) in [6, 6.07) is 2.42. The molecule has 1 rings (SSSR count). The molecule has 0 fully saturated rings. The van der Waals surface area contributed by atoms with Crippen LogP contribution >= 0.6 is 35.0 Å². The highest BCUT2D eigenvalue weighted by atomic mass is 35.5. The number of carbonyl (C=O) groups is 1. The Morgan fingerprint density at radius 2 is 2.00 bits per heavy atom. The lowest BCUT2D eigenvalue weighted by Gasteiger charge is -2.18. The van der Waals surface area contributed by atoms with Crippen LogP contribution in [-0.4, -0.2) is 49.4 Å². The third kappa shape index (κ3) is 3.59. The molecule has 1 N–H and O–H groups in total. The van der Waals surface area contributed by atoms with Crippen LogP contribution in [-0.2, 0) is 10.0 Å². The van der Waals surface area contributed by atoms with Gasteiger partial charge in [-0.2, -0.15) is 11.8 Å². The summed E-state index contributed by atoms with van der Waals surface area (Å²) in [5, 5.41) is 8.56. The van der Waals surface area contributed by atoms with Gasteiger partial charge in [0.05, 0.1) is 15.6 Å². The summed E-state index contributed by atoms with van der Waals surface area (Å²) in [4.78, 5) is 10.8. The first-order valence-corrected chi connectivity index (χ1v) is 8.99. The molecule has 0 amide bonds. The second-order valence-electron chi connectivity index (χ2n) is 3.86. The molecule has 112 valence electrons. The molecule has 0 bridgehead atoms. The van der Waals surface area contributed by atoms with Crippen LogP contribution in [0.2, 0.25) is 10.0 Å². The van der Waals surface area contributed by atoms with E-state index in [1.54, 1.807) is 0 Å². The quantitative estimate of drug-likeness (QED) is 0.846. The Kier molecular flexibility index (Phi) is 6.15. The van der Waals surface area contributed by atoms with Gasteiger partial charge in [0.15, 0.2) is 0 Å². The largest absolute Gasteiger partial charge is 0.478 e. The Hall–Kier alpha value is -0.470. The number of sulfonamides is 1. The van der Waals surface area contributed by atoms with Crippen molar-refractivity contribution in [2.24, 2.45) is 0 Å². The zero-order chi connectivity index (χ0) is 15.5. The minimum atomic E-state index is -3.85. The summed E-state index contributed by atoms with van der Waals surface area (Å²) < 4.78 is 25.8. The van der Waals surface area contributed by atoms with E-state index in [1.165, 1.54) is 30.9 Å². The Balaban J connectivity index is 3.33. The Labute approximate surface area is 131 Å². The van der Waals surface area contributed by atoms with E-state index in [0.717, 1.165) is 4.31 Å². The van der Waals surface area contributed by atoms with Crippen molar-refractivity contribution in [3.63, 3.8) is 0 Å². The summed E-state index contributed by atoms with van der Waals surface area (Å²) >= 11 is 13.1. The molecule has 1 aromatic carbocycles. The van der Waals surface area contributed by atoms with Crippen LogP contribution in [0.5, 0.6) is 0 Å². The number of carboxylic acids is 1. The predicted molar refractivity (Wildman–Crippen MR) is 81.6 cm³/mol. The van der Waals surface area contributed by atoms with Gasteiger partial charge in [0, 0.05) is 19.3 Å². The fraction of sp³-hybridized carbons (Fsp3) is 0.364. The number of aromatic carboxylic acids is 1. The monoisotopic (exact) mass is 357 g/mol. The van der Waals surface area contributed by atoms with Crippen LogP contribution in [0, 0.1) is 0 Å². The summed E-state index contributed by atoms with van der Waals surface area (Å²) in [5.41, 5.74) is -0.410. The third-order valence-electron chi connectivity index (χ3n) is 2.57. The van der Waals surface area contributed by atoms with Crippen LogP contribution in [0.3, 0.4) is 0 Å². The molecule has 0 aliphatic heterocycles. The lowest BCUT2D eigenvalue weighted by Crippen LogP contribution is -2.29. The first-order valence-electron chi connectivity index (χ1n) is 5.40. The van der Waals surface area contributed by atoms with Gasteiger partial charge in [0.25, 0.3) is 0 Å². The number of thioether (sulfide) groups is 1. The molecule has 0 unspecified atom stereocenters. The normalized spacial score (nSPS) is 11.8. The highest BCUT2D eigenvalue weighted by Crippen LogP contribution is 2.32. The number of nitrogens with zero attached hydrogens (tertiary/aromatic N) is 1. The third-order valence-corrected chi connectivity index (χ3v) is 5.88. The van der Waals surface area contributed by atoms with Gasteiger partial charge in [-0.3, -0.25) is 0 Å². The molecule has 9 heteroatoms. The molecular weight excluding hydrogens is 345 g/mol. The average Bonchev–Trinajstić information content (AvgIpc) is 2.34. The van der Waals surface area contributed by atoms with Gasteiger partial charge in [-0.1, -0.05) is 23.2 Å². The summed E-state index contributed by atoms with van der Waals surface area (Å²) in [6.45, 7) is 0.296. The minimum Gasteiger partial charge on any atom is -0.478 e. The van der Waals surface area contributed by atoms with Crippen LogP contribution in [0.1, 0.15) is 10.4 Å². The van der Waals surface area contributed by atoms with E-state index >= 15 is 0 Å². The van der Waals surface area contributed by atoms with Gasteiger partial charge < -0.3 is 5.11 Å². The van der Waals surface area contributed by atoms with E-state index in [9.17, 15) is 13.2 Å². The maximum absolute atomic E-state index is 12.3. The van der Waals surface area contributed by atoms with Crippen LogP contribution in [0.25, 0.3) is 0 Å². The van der Waals surface area contributed by atoms with Crippen molar-refractivity contribution in [1.82, 2.24) is 4.31 Å². The second kappa shape index (κ2) is 7.00. The van der Waals surface area contributed by atoms with Crippen molar-refractivity contribution < 1.29 is 18.3 Å². The van der Waals surface area contributed by atoms with Gasteiger partial charge in [-0.15, -0.1) is 0 Å². The molecule has 0 aliphatic carbocycles. The smallest absolute Gasteiger partial charge is 0.338 e. The molecule has 0 saturated heterocycles. The predicted octanol–water partition coefficient (Wildman–Crippen LogP) is 2.68. The fourth-order valence-corrected chi connectivity index (χ4v) is 4.07. The Morgan fingerprint density at radius 3 is 2.50 bits per heavy atom. The van der Waals surface area contributed by atoms with Crippen molar-refractivity contribution in [2.45, 2.75) is 4.90 Å². The molecule has 1 aromatic rings. The summed E-state index contributed by atoms with van der Waals surface area (Å²) in [5.74, 6) is -0.754. The topological polar surface area (TPSA) is 74.7 Å². The van der Waals surface area contributed by atoms with Crippen molar-refractivity contribution in [3.8, 4) is 0 Å². The van der Waals surface area contributed by atoms with Crippen LogP contribution in [0.4, 0.5) is 0 Å². The maximum Gasteiger partial charge on any atom is 0.338 e. The maximum atomic E-state index is 12.3. The molecule has 0 aromatic heterocycles. The number of hydrogen-bond acceptors (Lipinski definition) is 4. The van der Waals surface area contributed by atoms with E-state index in [0.29, 0.717) is 12.3 Å². The molecule has 0 atom stereocenters. The number of halogens is 2. The van der Waals surface area contributed by atoms with Crippen molar-refractivity contribution in [2.75, 3.05) is 25.6 Å². The van der Waals surface area contributed by atoms with E-state index in [2.05, 4.69) is 0 Å². The second-order valence-corrected chi connectivity index (χ2v) is 7.64. The molecule has 0 spiro atoms. The first-order chi connectivity index (χ1) is 9.23. The number of rotatable bonds is 6. The van der Waals surface area contributed by atoms with Gasteiger partial charge >= 0.3 is 5.97 Å². The molecule has 5 nitrogen and oxygen atoms in total. The van der Waals surface area contributed by atoms with Crippen LogP contribution in [0.15, 0.2) is 17.0 Å². The summed E-state index contributed by atoms with van der Waals surface area (Å²) in [7, 11) is -2.43. The zero-order valence-corrected chi connectivity index (χ0v) is 13.9. The lowest BCUT2D eigenvalue weighted by molar-refractivity contribution is 0.0697. The van der Waals surface area contributed by atoms with Gasteiger partial charge in [-0.05, 0) is 18.4 Å². The number of hydrogen-bond donors (Lipinski definition) is 1. The van der Waals surface area contributed by atoms with Gasteiger partial charge in [-0.25, -0.2) is 17.5 Å². The van der Waals surface area contributed by atoms with Crippen LogP contribution < -0.4 is 0 Å². The number of benzene rings is 1. The standard InChI is InChI=1S/C11H13Cl2NO4S2/c1-14(5-6-19-2)20(17,18)8-4-3-7(12)9(10(8)13)11(15)16/h3-4H,5-6H2,1-2H3,(H,15,16). The van der Waals surface area contributed by atoms with Gasteiger partial charge in [0.1, 0.15) is 4.90 Å². The average molecular weight is 358 g/mol. The van der Waals surface area contributed by atoms with Crippen molar-refractivity contribution in [1.29, 1.82) is 0 Å². The summed E-state index contributed by atoms with van der Waals surface area (Å²) in [6.07, 6.45) is 1.86. The molecule has 0 heterocycles. The number of carboxylic acid groups (broad SMARTS) is 1. The van der Waals surface area contributed by atoms with E-state index in [1.807, 2.05) is 6.26 Å². The fourth-order valence-electron chi connectivity index (χ4n) is 1.44. The van der Waals surface area contributed by atoms with E-state index in [-0.39, 0.29) is 14.9 Å².